The summed E-state index contributed by atoms with van der Waals surface area (Å²) < 4.78 is 2.36. The number of fused-ring (bicyclic) bond motifs is 2. The van der Waals surface area contributed by atoms with Crippen LogP contribution in [0.2, 0.25) is 0 Å². The van der Waals surface area contributed by atoms with E-state index in [1.807, 2.05) is 0 Å². The van der Waals surface area contributed by atoms with Crippen LogP contribution in [0.5, 0.6) is 0 Å². The fourth-order valence-corrected chi connectivity index (χ4v) is 3.08. The van der Waals surface area contributed by atoms with Gasteiger partial charge in [-0.1, -0.05) is 42.5 Å². The second-order valence-corrected chi connectivity index (χ2v) is 5.14. The second kappa shape index (κ2) is 3.86. The molecule has 3 aromatic rings. The van der Waals surface area contributed by atoms with Crippen molar-refractivity contribution in [2.45, 2.75) is 13.3 Å². The lowest BCUT2D eigenvalue weighted by atomic mass is 10.1. The Hall–Kier alpha value is -2.28. The first-order valence-corrected chi connectivity index (χ1v) is 6.70. The Morgan fingerprint density at radius 2 is 1.89 bits per heavy atom. The van der Waals surface area contributed by atoms with Crippen molar-refractivity contribution in [2.75, 3.05) is 0 Å². The summed E-state index contributed by atoms with van der Waals surface area (Å²) in [6, 6.07) is 17.4. The number of aromatic nitrogens is 1. The van der Waals surface area contributed by atoms with Crippen LogP contribution in [-0.2, 0) is 6.42 Å². The van der Waals surface area contributed by atoms with Gasteiger partial charge in [0.1, 0.15) is 0 Å². The quantitative estimate of drug-likeness (QED) is 0.594. The van der Waals surface area contributed by atoms with Gasteiger partial charge in [0.05, 0.1) is 11.2 Å². The molecule has 0 amide bonds. The van der Waals surface area contributed by atoms with E-state index < -0.39 is 0 Å². The monoisotopic (exact) mass is 245 g/mol. The molecule has 0 saturated carbocycles. The zero-order chi connectivity index (χ0) is 12.8. The molecule has 1 heterocycles. The predicted molar refractivity (Wildman–Crippen MR) is 80.8 cm³/mol. The van der Waals surface area contributed by atoms with Crippen molar-refractivity contribution in [1.29, 1.82) is 0 Å². The Morgan fingerprint density at radius 1 is 1.00 bits per heavy atom. The SMILES string of the molecule is Cc1cc2ccccc2n1-c1cccc2c1C=CC2. The van der Waals surface area contributed by atoms with E-state index in [9.17, 15) is 0 Å². The number of hydrogen-bond acceptors (Lipinski definition) is 0. The number of benzene rings is 2. The molecule has 0 aliphatic heterocycles. The Kier molecular flexibility index (Phi) is 2.16. The number of rotatable bonds is 1. The van der Waals surface area contributed by atoms with Crippen molar-refractivity contribution in [3.63, 3.8) is 0 Å². The lowest BCUT2D eigenvalue weighted by Crippen LogP contribution is -1.99. The first-order chi connectivity index (χ1) is 9.34. The number of hydrogen-bond donors (Lipinski definition) is 0. The van der Waals surface area contributed by atoms with Gasteiger partial charge in [0.2, 0.25) is 0 Å². The van der Waals surface area contributed by atoms with E-state index in [-0.39, 0.29) is 0 Å². The molecule has 0 spiro atoms. The molecular weight excluding hydrogens is 230 g/mol. The van der Waals surface area contributed by atoms with Gasteiger partial charge in [-0.05, 0) is 37.1 Å². The standard InChI is InChI=1S/C18H15N/c1-13-12-15-6-2-3-10-17(15)19(13)18-11-5-8-14-7-4-9-16(14)18/h2-6,8-12H,7H2,1H3. The van der Waals surface area contributed by atoms with Crippen LogP contribution < -0.4 is 0 Å². The Bertz CT molecular complexity index is 806. The molecule has 1 aliphatic carbocycles. The van der Waals surface area contributed by atoms with E-state index in [0.29, 0.717) is 0 Å². The minimum absolute atomic E-state index is 1.06. The molecule has 0 fully saturated rings. The lowest BCUT2D eigenvalue weighted by Gasteiger charge is -2.12. The highest BCUT2D eigenvalue weighted by molar-refractivity contribution is 5.84. The summed E-state index contributed by atoms with van der Waals surface area (Å²) in [6.07, 6.45) is 5.55. The molecule has 0 atom stereocenters. The van der Waals surface area contributed by atoms with Gasteiger partial charge in [-0.15, -0.1) is 0 Å². The van der Waals surface area contributed by atoms with Crippen LogP contribution in [-0.4, -0.2) is 4.57 Å². The summed E-state index contributed by atoms with van der Waals surface area (Å²) in [5.74, 6) is 0. The molecular formula is C18H15N. The highest BCUT2D eigenvalue weighted by atomic mass is 15.0. The van der Waals surface area contributed by atoms with E-state index >= 15 is 0 Å². The van der Waals surface area contributed by atoms with Gasteiger partial charge < -0.3 is 4.57 Å². The normalized spacial score (nSPS) is 13.1. The molecule has 1 aliphatic rings. The second-order valence-electron chi connectivity index (χ2n) is 5.14. The third kappa shape index (κ3) is 1.48. The van der Waals surface area contributed by atoms with Gasteiger partial charge >= 0.3 is 0 Å². The molecule has 0 unspecified atom stereocenters. The van der Waals surface area contributed by atoms with Crippen molar-refractivity contribution < 1.29 is 0 Å². The maximum atomic E-state index is 2.36. The Balaban J connectivity index is 2.09. The molecule has 0 saturated heterocycles. The third-order valence-electron chi connectivity index (χ3n) is 3.93. The van der Waals surface area contributed by atoms with Gasteiger partial charge in [-0.3, -0.25) is 0 Å². The van der Waals surface area contributed by atoms with E-state index in [0.717, 1.165) is 6.42 Å². The average Bonchev–Trinajstić information content (AvgIpc) is 3.01. The molecule has 1 nitrogen and oxygen atoms in total. The topological polar surface area (TPSA) is 4.93 Å². The molecule has 92 valence electrons. The van der Waals surface area contributed by atoms with Crippen molar-refractivity contribution >= 4 is 17.0 Å². The van der Waals surface area contributed by atoms with Crippen molar-refractivity contribution in [1.82, 2.24) is 4.57 Å². The lowest BCUT2D eigenvalue weighted by molar-refractivity contribution is 1.05. The summed E-state index contributed by atoms with van der Waals surface area (Å²) in [5.41, 5.74) is 6.66. The fourth-order valence-electron chi connectivity index (χ4n) is 3.08. The average molecular weight is 245 g/mol. The Morgan fingerprint density at radius 3 is 2.84 bits per heavy atom. The minimum Gasteiger partial charge on any atom is -0.313 e. The maximum Gasteiger partial charge on any atom is 0.0533 e. The molecule has 2 aromatic carbocycles. The van der Waals surface area contributed by atoms with Crippen LogP contribution >= 0.6 is 0 Å². The summed E-state index contributed by atoms with van der Waals surface area (Å²) >= 11 is 0. The van der Waals surface area contributed by atoms with Gasteiger partial charge in [-0.2, -0.15) is 0 Å². The number of aryl methyl sites for hydroxylation is 1. The first-order valence-electron chi connectivity index (χ1n) is 6.70. The smallest absolute Gasteiger partial charge is 0.0533 e. The number of para-hydroxylation sites is 1. The zero-order valence-corrected chi connectivity index (χ0v) is 10.9. The van der Waals surface area contributed by atoms with Gasteiger partial charge in [0.15, 0.2) is 0 Å². The zero-order valence-electron chi connectivity index (χ0n) is 10.9. The minimum atomic E-state index is 1.06. The van der Waals surface area contributed by atoms with E-state index in [1.165, 1.54) is 33.4 Å². The molecule has 1 heteroatoms. The molecule has 4 rings (SSSR count). The van der Waals surface area contributed by atoms with Crippen LogP contribution in [0.15, 0.2) is 54.6 Å². The molecule has 1 aromatic heterocycles. The van der Waals surface area contributed by atoms with Crippen LogP contribution in [0.4, 0.5) is 0 Å². The third-order valence-corrected chi connectivity index (χ3v) is 3.93. The maximum absolute atomic E-state index is 2.36. The number of allylic oxidation sites excluding steroid dienone is 1. The molecule has 0 N–H and O–H groups in total. The number of nitrogens with zero attached hydrogens (tertiary/aromatic N) is 1. The van der Waals surface area contributed by atoms with Crippen molar-refractivity contribution in [3.8, 4) is 5.69 Å². The summed E-state index contributed by atoms with van der Waals surface area (Å²) in [6.45, 7) is 2.18. The van der Waals surface area contributed by atoms with Gasteiger partial charge in [0, 0.05) is 16.6 Å². The summed E-state index contributed by atoms with van der Waals surface area (Å²) in [4.78, 5) is 0. The molecule has 19 heavy (non-hydrogen) atoms. The highest BCUT2D eigenvalue weighted by Crippen LogP contribution is 2.30. The summed E-state index contributed by atoms with van der Waals surface area (Å²) in [7, 11) is 0. The van der Waals surface area contributed by atoms with E-state index in [2.05, 4.69) is 72.2 Å². The van der Waals surface area contributed by atoms with Gasteiger partial charge in [0.25, 0.3) is 0 Å². The first kappa shape index (κ1) is 10.6. The van der Waals surface area contributed by atoms with Crippen molar-refractivity contribution in [3.05, 3.63) is 71.4 Å². The van der Waals surface area contributed by atoms with Crippen LogP contribution in [0.1, 0.15) is 16.8 Å². The van der Waals surface area contributed by atoms with E-state index in [1.54, 1.807) is 0 Å². The van der Waals surface area contributed by atoms with Crippen LogP contribution in [0, 0.1) is 6.92 Å². The Labute approximate surface area is 112 Å². The van der Waals surface area contributed by atoms with Gasteiger partial charge in [-0.25, -0.2) is 0 Å². The fraction of sp³-hybridized carbons (Fsp3) is 0.111. The summed E-state index contributed by atoms with van der Waals surface area (Å²) in [5, 5.41) is 1.31. The van der Waals surface area contributed by atoms with Crippen molar-refractivity contribution in [2.24, 2.45) is 0 Å². The largest absolute Gasteiger partial charge is 0.313 e. The van der Waals surface area contributed by atoms with E-state index in [4.69, 9.17) is 0 Å². The molecule has 0 bridgehead atoms. The molecule has 0 radical (unpaired) electrons. The van der Waals surface area contributed by atoms with Crippen LogP contribution in [0.3, 0.4) is 0 Å². The predicted octanol–water partition coefficient (Wildman–Crippen LogP) is 4.51. The highest BCUT2D eigenvalue weighted by Gasteiger charge is 2.14. The van der Waals surface area contributed by atoms with Crippen LogP contribution in [0.25, 0.3) is 22.7 Å².